The molecule has 2 fully saturated rings. The summed E-state index contributed by atoms with van der Waals surface area (Å²) in [5.41, 5.74) is 2.12. The lowest BCUT2D eigenvalue weighted by atomic mass is 9.93. The molecule has 27 heavy (non-hydrogen) atoms. The van der Waals surface area contributed by atoms with Gasteiger partial charge in [0, 0.05) is 37.3 Å². The second-order valence-electron chi connectivity index (χ2n) is 7.76. The molecule has 2 aromatic rings. The van der Waals surface area contributed by atoms with Gasteiger partial charge < -0.3 is 10.2 Å². The lowest BCUT2D eigenvalue weighted by molar-refractivity contribution is -0.136. The minimum Gasteiger partial charge on any atom is -0.342 e. The van der Waals surface area contributed by atoms with Crippen molar-refractivity contribution >= 4 is 17.7 Å². The summed E-state index contributed by atoms with van der Waals surface area (Å²) < 4.78 is 0. The maximum atomic E-state index is 12.8. The van der Waals surface area contributed by atoms with Crippen molar-refractivity contribution < 1.29 is 4.79 Å². The van der Waals surface area contributed by atoms with Crippen molar-refractivity contribution in [1.29, 1.82) is 0 Å². The summed E-state index contributed by atoms with van der Waals surface area (Å²) in [6.07, 6.45) is 10.2. The third-order valence-electron chi connectivity index (χ3n) is 5.68. The summed E-state index contributed by atoms with van der Waals surface area (Å²) in [4.78, 5) is 28.2. The van der Waals surface area contributed by atoms with Crippen LogP contribution >= 0.6 is 0 Å². The molecule has 6 heteroatoms. The van der Waals surface area contributed by atoms with E-state index >= 15 is 0 Å². The van der Waals surface area contributed by atoms with Crippen LogP contribution < -0.4 is 5.32 Å². The van der Waals surface area contributed by atoms with E-state index in [0.717, 1.165) is 55.8 Å². The van der Waals surface area contributed by atoms with Crippen molar-refractivity contribution in [2.75, 3.05) is 18.4 Å². The van der Waals surface area contributed by atoms with Crippen molar-refractivity contribution in [3.05, 3.63) is 41.9 Å². The average Bonchev–Trinajstić information content (AvgIpc) is 3.24. The fraction of sp³-hybridized carbons (Fsp3) is 0.524. The summed E-state index contributed by atoms with van der Waals surface area (Å²) in [5, 5.41) is 3.18. The van der Waals surface area contributed by atoms with Gasteiger partial charge in [0.2, 0.25) is 11.9 Å². The number of pyridine rings is 1. The molecule has 1 N–H and O–H groups in total. The molecule has 1 unspecified atom stereocenters. The number of nitrogens with one attached hydrogen (secondary N) is 1. The van der Waals surface area contributed by atoms with E-state index in [2.05, 4.69) is 20.2 Å². The van der Waals surface area contributed by atoms with Crippen LogP contribution in [-0.2, 0) is 4.79 Å². The Bertz CT molecular complexity index is 785. The first kappa shape index (κ1) is 17.9. The first-order chi connectivity index (χ1) is 13.2. The Kier molecular flexibility index (Phi) is 5.32. The van der Waals surface area contributed by atoms with Gasteiger partial charge in [-0.3, -0.25) is 4.79 Å². The van der Waals surface area contributed by atoms with E-state index in [0.29, 0.717) is 11.9 Å². The number of nitrogens with zero attached hydrogens (tertiary/aromatic N) is 4. The second-order valence-corrected chi connectivity index (χ2v) is 7.76. The standard InChI is InChI=1S/C21H27N5O/c1-15-8-9-19(23-13-15)25-21-22-11-10-18(24-21)17-7-4-12-26(14-17)20(27)16-5-2-3-6-16/h8-11,13,16-17H,2-7,12,14H2,1H3,(H,22,23,24,25). The number of hydrogen-bond donors (Lipinski definition) is 1. The Hall–Kier alpha value is -2.50. The van der Waals surface area contributed by atoms with Crippen LogP contribution in [0.1, 0.15) is 55.7 Å². The van der Waals surface area contributed by atoms with Crippen LogP contribution in [0.2, 0.25) is 0 Å². The van der Waals surface area contributed by atoms with Crippen LogP contribution in [0.15, 0.2) is 30.6 Å². The van der Waals surface area contributed by atoms with Crippen LogP contribution in [0.5, 0.6) is 0 Å². The fourth-order valence-electron chi connectivity index (χ4n) is 4.17. The Labute approximate surface area is 160 Å². The van der Waals surface area contributed by atoms with Gasteiger partial charge in [0.05, 0.1) is 5.69 Å². The minimum absolute atomic E-state index is 0.249. The lowest BCUT2D eigenvalue weighted by Gasteiger charge is -2.34. The number of amides is 1. The number of piperidine rings is 1. The molecule has 1 atom stereocenters. The molecule has 1 aliphatic carbocycles. The molecule has 0 radical (unpaired) electrons. The van der Waals surface area contributed by atoms with Crippen molar-refractivity contribution in [3.8, 4) is 0 Å². The van der Waals surface area contributed by atoms with Crippen LogP contribution in [0, 0.1) is 12.8 Å². The third kappa shape index (κ3) is 4.26. The number of carbonyl (C=O) groups excluding carboxylic acids is 1. The molecule has 6 nitrogen and oxygen atoms in total. The molecule has 1 amide bonds. The first-order valence-corrected chi connectivity index (χ1v) is 10.0. The molecule has 2 aromatic heterocycles. The van der Waals surface area contributed by atoms with Crippen LogP contribution in [0.4, 0.5) is 11.8 Å². The molecule has 142 valence electrons. The predicted molar refractivity (Wildman–Crippen MR) is 105 cm³/mol. The summed E-state index contributed by atoms with van der Waals surface area (Å²) >= 11 is 0. The molecule has 0 bridgehead atoms. The first-order valence-electron chi connectivity index (χ1n) is 10.0. The van der Waals surface area contributed by atoms with Gasteiger partial charge >= 0.3 is 0 Å². The zero-order valence-corrected chi connectivity index (χ0v) is 15.9. The molecule has 1 saturated carbocycles. The second kappa shape index (κ2) is 8.03. The van der Waals surface area contributed by atoms with E-state index in [1.54, 1.807) is 6.20 Å². The van der Waals surface area contributed by atoms with Gasteiger partial charge in [-0.1, -0.05) is 18.9 Å². The Morgan fingerprint density at radius 2 is 1.96 bits per heavy atom. The summed E-state index contributed by atoms with van der Waals surface area (Å²) in [6, 6.07) is 5.91. The Morgan fingerprint density at radius 3 is 2.74 bits per heavy atom. The quantitative estimate of drug-likeness (QED) is 0.892. The molecule has 4 rings (SSSR count). The average molecular weight is 365 g/mol. The SMILES string of the molecule is Cc1ccc(Nc2nccc(C3CCCN(C(=O)C4CCCC4)C3)n2)nc1. The largest absolute Gasteiger partial charge is 0.342 e. The Morgan fingerprint density at radius 1 is 1.11 bits per heavy atom. The van der Waals surface area contributed by atoms with E-state index in [9.17, 15) is 4.79 Å². The molecule has 2 aliphatic rings. The molecule has 1 saturated heterocycles. The van der Waals surface area contributed by atoms with E-state index in [4.69, 9.17) is 4.98 Å². The third-order valence-corrected chi connectivity index (χ3v) is 5.68. The molecule has 3 heterocycles. The number of likely N-dealkylation sites (tertiary alicyclic amines) is 1. The van der Waals surface area contributed by atoms with Gasteiger partial charge in [-0.05, 0) is 50.3 Å². The number of aromatic nitrogens is 3. The van der Waals surface area contributed by atoms with Crippen LogP contribution in [-0.4, -0.2) is 38.8 Å². The fourth-order valence-corrected chi connectivity index (χ4v) is 4.17. The van der Waals surface area contributed by atoms with Crippen LogP contribution in [0.3, 0.4) is 0 Å². The smallest absolute Gasteiger partial charge is 0.228 e. The highest BCUT2D eigenvalue weighted by Gasteiger charge is 2.31. The van der Waals surface area contributed by atoms with Crippen LogP contribution in [0.25, 0.3) is 0 Å². The van der Waals surface area contributed by atoms with Gasteiger partial charge in [-0.2, -0.15) is 0 Å². The van der Waals surface area contributed by atoms with E-state index in [1.807, 2.05) is 31.3 Å². The highest BCUT2D eigenvalue weighted by Crippen LogP contribution is 2.31. The molecular formula is C21H27N5O. The highest BCUT2D eigenvalue weighted by atomic mass is 16.2. The van der Waals surface area contributed by atoms with E-state index < -0.39 is 0 Å². The van der Waals surface area contributed by atoms with Gasteiger partial charge in [0.15, 0.2) is 0 Å². The summed E-state index contributed by atoms with van der Waals surface area (Å²) in [7, 11) is 0. The monoisotopic (exact) mass is 365 g/mol. The Balaban J connectivity index is 1.44. The van der Waals surface area contributed by atoms with Crippen molar-refractivity contribution in [2.45, 2.75) is 51.4 Å². The molecule has 0 spiro atoms. The topological polar surface area (TPSA) is 71.0 Å². The summed E-state index contributed by atoms with van der Waals surface area (Å²) in [5.74, 6) is 2.17. The van der Waals surface area contributed by atoms with E-state index in [1.165, 1.54) is 12.8 Å². The van der Waals surface area contributed by atoms with Gasteiger partial charge in [-0.25, -0.2) is 15.0 Å². The molecule has 1 aliphatic heterocycles. The number of aryl methyl sites for hydroxylation is 1. The van der Waals surface area contributed by atoms with Gasteiger partial charge in [-0.15, -0.1) is 0 Å². The highest BCUT2D eigenvalue weighted by molar-refractivity contribution is 5.79. The number of carbonyl (C=O) groups is 1. The maximum absolute atomic E-state index is 12.8. The summed E-state index contributed by atoms with van der Waals surface area (Å²) in [6.45, 7) is 3.67. The zero-order valence-electron chi connectivity index (χ0n) is 15.9. The van der Waals surface area contributed by atoms with E-state index in [-0.39, 0.29) is 11.8 Å². The van der Waals surface area contributed by atoms with Crippen molar-refractivity contribution in [3.63, 3.8) is 0 Å². The molecule has 0 aromatic carbocycles. The normalized spacial score (nSPS) is 20.6. The number of rotatable bonds is 4. The van der Waals surface area contributed by atoms with Gasteiger partial charge in [0.1, 0.15) is 5.82 Å². The lowest BCUT2D eigenvalue weighted by Crippen LogP contribution is -2.42. The van der Waals surface area contributed by atoms with Crippen molar-refractivity contribution in [1.82, 2.24) is 19.9 Å². The predicted octanol–water partition coefficient (Wildman–Crippen LogP) is 3.82. The van der Waals surface area contributed by atoms with Gasteiger partial charge in [0.25, 0.3) is 0 Å². The molecular weight excluding hydrogens is 338 g/mol. The minimum atomic E-state index is 0.249. The number of hydrogen-bond acceptors (Lipinski definition) is 5. The number of anilines is 2. The zero-order chi connectivity index (χ0) is 18.6. The van der Waals surface area contributed by atoms with Crippen molar-refractivity contribution in [2.24, 2.45) is 5.92 Å². The maximum Gasteiger partial charge on any atom is 0.228 e.